The van der Waals surface area contributed by atoms with Gasteiger partial charge in [-0.15, -0.1) is 0 Å². The van der Waals surface area contributed by atoms with Gasteiger partial charge in [0.1, 0.15) is 0 Å². The molecule has 0 spiro atoms. The Morgan fingerprint density at radius 1 is 1.29 bits per heavy atom. The van der Waals surface area contributed by atoms with Crippen molar-refractivity contribution in [3.05, 3.63) is 48.2 Å². The molecular weight excluding hydrogens is 272 g/mol. The van der Waals surface area contributed by atoms with Gasteiger partial charge in [0.2, 0.25) is 5.76 Å². The van der Waals surface area contributed by atoms with Gasteiger partial charge < -0.3 is 14.4 Å². The van der Waals surface area contributed by atoms with E-state index in [-0.39, 0.29) is 18.1 Å². The van der Waals surface area contributed by atoms with Gasteiger partial charge in [0.05, 0.1) is 5.69 Å². The number of carbonyl (C=O) groups is 2. The van der Waals surface area contributed by atoms with Gasteiger partial charge in [0, 0.05) is 18.7 Å². The van der Waals surface area contributed by atoms with Gasteiger partial charge in [0.25, 0.3) is 5.91 Å². The molecule has 1 aromatic carbocycles. The maximum atomic E-state index is 12.5. The van der Waals surface area contributed by atoms with Gasteiger partial charge in [-0.2, -0.15) is 0 Å². The van der Waals surface area contributed by atoms with Crippen LogP contribution in [0, 0.1) is 6.92 Å². The van der Waals surface area contributed by atoms with E-state index in [9.17, 15) is 9.59 Å². The topological polar surface area (TPSA) is 83.6 Å². The average Bonchev–Trinajstić information content (AvgIpc) is 2.90. The molecule has 6 heteroatoms. The number of benzene rings is 1. The monoisotopic (exact) mass is 288 g/mol. The second kappa shape index (κ2) is 6.69. The minimum atomic E-state index is -0.883. The highest BCUT2D eigenvalue weighted by Crippen LogP contribution is 2.19. The Morgan fingerprint density at radius 2 is 2.00 bits per heavy atom. The molecule has 0 saturated carbocycles. The van der Waals surface area contributed by atoms with Crippen LogP contribution in [0.5, 0.6) is 0 Å². The van der Waals surface area contributed by atoms with Crippen LogP contribution in [-0.4, -0.2) is 28.5 Å². The number of aromatic nitrogens is 1. The van der Waals surface area contributed by atoms with Crippen LogP contribution in [0.15, 0.2) is 41.1 Å². The number of para-hydroxylation sites is 1. The third-order valence-corrected chi connectivity index (χ3v) is 3.03. The van der Waals surface area contributed by atoms with Crippen LogP contribution in [0.25, 0.3) is 0 Å². The molecule has 0 fully saturated rings. The molecule has 0 aliphatic carbocycles. The molecule has 0 saturated heterocycles. The number of anilines is 1. The summed E-state index contributed by atoms with van der Waals surface area (Å²) in [4.78, 5) is 28.6. The smallest absolute Gasteiger partial charge is 0.303 e. The van der Waals surface area contributed by atoms with Crippen LogP contribution < -0.4 is 4.90 Å². The van der Waals surface area contributed by atoms with Gasteiger partial charge in [-0.05, 0) is 25.5 Å². The highest BCUT2D eigenvalue weighted by atomic mass is 16.4. The lowest BCUT2D eigenvalue weighted by Gasteiger charge is -2.21. The summed E-state index contributed by atoms with van der Waals surface area (Å²) in [6, 6.07) is 9.08. The maximum Gasteiger partial charge on any atom is 0.303 e. The molecule has 0 unspecified atom stereocenters. The summed E-state index contributed by atoms with van der Waals surface area (Å²) in [6.07, 6.45) is 1.60. The third kappa shape index (κ3) is 3.68. The van der Waals surface area contributed by atoms with Crippen molar-refractivity contribution in [1.82, 2.24) is 4.98 Å². The number of rotatable bonds is 6. The molecule has 2 aromatic rings. The van der Waals surface area contributed by atoms with E-state index in [1.807, 2.05) is 18.2 Å². The molecule has 0 atom stereocenters. The number of hydrogen-bond acceptors (Lipinski definition) is 4. The molecule has 0 aliphatic heterocycles. The maximum absolute atomic E-state index is 12.5. The van der Waals surface area contributed by atoms with Crippen LogP contribution in [0.4, 0.5) is 5.69 Å². The molecule has 2 rings (SSSR count). The lowest BCUT2D eigenvalue weighted by molar-refractivity contribution is -0.137. The first-order valence-electron chi connectivity index (χ1n) is 6.58. The van der Waals surface area contributed by atoms with Gasteiger partial charge in [-0.1, -0.05) is 18.2 Å². The number of nitrogens with zero attached hydrogens (tertiary/aromatic N) is 2. The van der Waals surface area contributed by atoms with Crippen molar-refractivity contribution in [2.75, 3.05) is 11.4 Å². The number of oxazole rings is 1. The van der Waals surface area contributed by atoms with Crippen LogP contribution in [0.3, 0.4) is 0 Å². The Hall–Kier alpha value is -2.63. The number of carboxylic acids is 1. The van der Waals surface area contributed by atoms with Crippen molar-refractivity contribution in [3.8, 4) is 0 Å². The fourth-order valence-electron chi connectivity index (χ4n) is 1.97. The quantitative estimate of drug-likeness (QED) is 0.882. The molecule has 1 N–H and O–H groups in total. The summed E-state index contributed by atoms with van der Waals surface area (Å²) in [7, 11) is 0. The molecule has 1 aromatic heterocycles. The second-order valence-electron chi connectivity index (χ2n) is 4.56. The van der Waals surface area contributed by atoms with E-state index in [4.69, 9.17) is 9.52 Å². The van der Waals surface area contributed by atoms with Crippen molar-refractivity contribution in [3.63, 3.8) is 0 Å². The zero-order valence-corrected chi connectivity index (χ0v) is 11.7. The Balaban J connectivity index is 2.21. The van der Waals surface area contributed by atoms with E-state index in [2.05, 4.69) is 4.98 Å². The number of amides is 1. The molecule has 21 heavy (non-hydrogen) atoms. The molecule has 0 radical (unpaired) electrons. The number of aryl methyl sites for hydroxylation is 1. The SMILES string of the molecule is Cc1ncoc1C(=O)N(CCCC(=O)O)c1ccccc1. The Bertz CT molecular complexity index is 622. The number of hydrogen-bond donors (Lipinski definition) is 1. The standard InChI is InChI=1S/C15H16N2O4/c1-11-14(21-10-16-11)15(20)17(9-5-8-13(18)19)12-6-3-2-4-7-12/h2-4,6-7,10H,5,8-9H2,1H3,(H,18,19). The predicted octanol–water partition coefficient (Wildman–Crippen LogP) is 2.49. The lowest BCUT2D eigenvalue weighted by atomic mass is 10.2. The van der Waals surface area contributed by atoms with Gasteiger partial charge >= 0.3 is 5.97 Å². The van der Waals surface area contributed by atoms with Crippen LogP contribution >= 0.6 is 0 Å². The molecule has 6 nitrogen and oxygen atoms in total. The van der Waals surface area contributed by atoms with Crippen molar-refractivity contribution in [2.24, 2.45) is 0 Å². The minimum Gasteiger partial charge on any atom is -0.481 e. The van der Waals surface area contributed by atoms with Crippen LogP contribution in [-0.2, 0) is 4.79 Å². The summed E-state index contributed by atoms with van der Waals surface area (Å²) in [5.41, 5.74) is 1.21. The number of carboxylic acid groups (broad SMARTS) is 1. The van der Waals surface area contributed by atoms with Gasteiger partial charge in [-0.25, -0.2) is 4.98 Å². The Kier molecular flexibility index (Phi) is 4.71. The highest BCUT2D eigenvalue weighted by molar-refractivity contribution is 6.04. The molecule has 110 valence electrons. The van der Waals surface area contributed by atoms with E-state index in [0.717, 1.165) is 0 Å². The van der Waals surface area contributed by atoms with Crippen molar-refractivity contribution < 1.29 is 19.1 Å². The van der Waals surface area contributed by atoms with E-state index in [1.54, 1.807) is 19.1 Å². The average molecular weight is 288 g/mol. The largest absolute Gasteiger partial charge is 0.481 e. The van der Waals surface area contributed by atoms with E-state index in [0.29, 0.717) is 24.3 Å². The zero-order chi connectivity index (χ0) is 15.2. The lowest BCUT2D eigenvalue weighted by Crippen LogP contribution is -2.32. The van der Waals surface area contributed by atoms with Crippen molar-refractivity contribution in [2.45, 2.75) is 19.8 Å². The number of carbonyl (C=O) groups excluding carboxylic acids is 1. The summed E-state index contributed by atoms with van der Waals surface area (Å²) >= 11 is 0. The summed E-state index contributed by atoms with van der Waals surface area (Å²) in [5, 5.41) is 8.73. The molecule has 0 bridgehead atoms. The third-order valence-electron chi connectivity index (χ3n) is 3.03. The summed E-state index contributed by atoms with van der Waals surface area (Å²) in [5.74, 6) is -1.03. The summed E-state index contributed by atoms with van der Waals surface area (Å²) in [6.45, 7) is 1.99. The van der Waals surface area contributed by atoms with Crippen LogP contribution in [0.1, 0.15) is 29.1 Å². The normalized spacial score (nSPS) is 10.3. The predicted molar refractivity (Wildman–Crippen MR) is 76.2 cm³/mol. The Labute approximate surface area is 122 Å². The van der Waals surface area contributed by atoms with Crippen LogP contribution in [0.2, 0.25) is 0 Å². The van der Waals surface area contributed by atoms with Gasteiger partial charge in [-0.3, -0.25) is 9.59 Å². The second-order valence-corrected chi connectivity index (χ2v) is 4.56. The molecular formula is C15H16N2O4. The summed E-state index contributed by atoms with van der Waals surface area (Å²) < 4.78 is 5.14. The van der Waals surface area contributed by atoms with E-state index >= 15 is 0 Å². The fraction of sp³-hybridized carbons (Fsp3) is 0.267. The molecule has 1 heterocycles. The minimum absolute atomic E-state index is 0.00595. The van der Waals surface area contributed by atoms with E-state index < -0.39 is 5.97 Å². The molecule has 1 amide bonds. The first-order valence-corrected chi connectivity index (χ1v) is 6.58. The zero-order valence-electron chi connectivity index (χ0n) is 11.7. The first-order chi connectivity index (χ1) is 10.1. The van der Waals surface area contributed by atoms with E-state index in [1.165, 1.54) is 11.3 Å². The van der Waals surface area contributed by atoms with Crippen molar-refractivity contribution >= 4 is 17.6 Å². The first kappa shape index (κ1) is 14.8. The number of aliphatic carboxylic acids is 1. The van der Waals surface area contributed by atoms with Gasteiger partial charge in [0.15, 0.2) is 6.39 Å². The fourth-order valence-corrected chi connectivity index (χ4v) is 1.97. The highest BCUT2D eigenvalue weighted by Gasteiger charge is 2.22. The molecule has 0 aliphatic rings. The Morgan fingerprint density at radius 3 is 2.57 bits per heavy atom. The van der Waals surface area contributed by atoms with Crippen molar-refractivity contribution in [1.29, 1.82) is 0 Å².